The number of aromatic amines is 1. The Morgan fingerprint density at radius 3 is 2.64 bits per heavy atom. The number of nitrogens with zero attached hydrogens (tertiary/aromatic N) is 5. The lowest BCUT2D eigenvalue weighted by Gasteiger charge is -2.08. The van der Waals surface area contributed by atoms with Crippen molar-refractivity contribution >= 4 is 12.2 Å². The molecule has 0 aliphatic heterocycles. The van der Waals surface area contributed by atoms with Gasteiger partial charge in [-0.05, 0) is 41.0 Å². The maximum Gasteiger partial charge on any atom is 0.209 e. The molecule has 0 unspecified atom stereocenters. The first-order valence-corrected chi connectivity index (χ1v) is 9.40. The van der Waals surface area contributed by atoms with Gasteiger partial charge in [-0.3, -0.25) is 5.10 Å². The fourth-order valence-corrected chi connectivity index (χ4v) is 3.35. The van der Waals surface area contributed by atoms with E-state index in [1.807, 2.05) is 53.3 Å². The van der Waals surface area contributed by atoms with E-state index in [0.29, 0.717) is 17.0 Å². The number of rotatable bonds is 6. The lowest BCUT2D eigenvalue weighted by Crippen LogP contribution is -2.04. The predicted octanol–water partition coefficient (Wildman–Crippen LogP) is 3.81. The van der Waals surface area contributed by atoms with Crippen LogP contribution in [0.1, 0.15) is 18.1 Å². The molecule has 0 aliphatic carbocycles. The first-order chi connectivity index (χ1) is 13.7. The van der Waals surface area contributed by atoms with Gasteiger partial charge in [0.15, 0.2) is 0 Å². The van der Waals surface area contributed by atoms with Gasteiger partial charge in [-0.1, -0.05) is 49.5 Å². The molecule has 0 saturated heterocycles. The fourth-order valence-electron chi connectivity index (χ4n) is 3.05. The molecule has 7 nitrogen and oxygen atoms in total. The minimum absolute atomic E-state index is 0.502. The third kappa shape index (κ3) is 3.46. The van der Waals surface area contributed by atoms with Crippen LogP contribution in [-0.4, -0.2) is 37.1 Å². The Bertz CT molecular complexity index is 1140. The van der Waals surface area contributed by atoms with Gasteiger partial charge >= 0.3 is 0 Å². The van der Waals surface area contributed by atoms with Gasteiger partial charge in [-0.15, -0.1) is 10.2 Å². The average molecular weight is 392 g/mol. The summed E-state index contributed by atoms with van der Waals surface area (Å²) in [6, 6.07) is 16.0. The van der Waals surface area contributed by atoms with Gasteiger partial charge in [0.1, 0.15) is 10.4 Å². The Kier molecular flexibility index (Phi) is 5.03. The Hall–Kier alpha value is -3.26. The number of ether oxygens (including phenoxy) is 1. The van der Waals surface area contributed by atoms with Gasteiger partial charge in [0.25, 0.3) is 0 Å². The summed E-state index contributed by atoms with van der Waals surface area (Å²) in [6.07, 6.45) is 2.74. The van der Waals surface area contributed by atoms with E-state index >= 15 is 0 Å². The summed E-state index contributed by atoms with van der Waals surface area (Å²) in [6.45, 7) is 2.64. The van der Waals surface area contributed by atoms with Crippen molar-refractivity contribution in [3.8, 4) is 22.8 Å². The van der Waals surface area contributed by atoms with Crippen molar-refractivity contribution in [2.45, 2.75) is 19.9 Å². The van der Waals surface area contributed by atoms with Crippen molar-refractivity contribution in [1.29, 1.82) is 0 Å². The molecule has 2 aromatic carbocycles. The number of methoxy groups -OCH3 is 1. The molecule has 0 radical (unpaired) electrons. The standard InChI is InChI=1S/C20H20N6OS/c1-3-15-6-4-5-7-18(15)26-20(28)17(12-21-26)19-22-24-25(23-19)13-14-8-10-16(27-2)11-9-14/h4-12,21H,3,13H2,1-2H3. The predicted molar refractivity (Wildman–Crippen MR) is 109 cm³/mol. The quantitative estimate of drug-likeness (QED) is 0.505. The lowest BCUT2D eigenvalue weighted by atomic mass is 10.1. The molecule has 142 valence electrons. The van der Waals surface area contributed by atoms with Crippen molar-refractivity contribution < 1.29 is 4.74 Å². The van der Waals surface area contributed by atoms with Crippen LogP contribution >= 0.6 is 12.2 Å². The molecule has 0 atom stereocenters. The molecule has 1 N–H and O–H groups in total. The number of hydrogen-bond acceptors (Lipinski definition) is 5. The van der Waals surface area contributed by atoms with Gasteiger partial charge in [0.2, 0.25) is 5.82 Å². The SMILES string of the molecule is CCc1ccccc1-n1[nH]cc(-c2nnn(Cc3ccc(OC)cc3)n2)c1=S. The summed E-state index contributed by atoms with van der Waals surface area (Å²) in [4.78, 5) is 1.56. The molecule has 4 rings (SSSR count). The van der Waals surface area contributed by atoms with Crippen LogP contribution in [0.5, 0.6) is 5.75 Å². The lowest BCUT2D eigenvalue weighted by molar-refractivity contribution is 0.414. The highest BCUT2D eigenvalue weighted by Gasteiger charge is 2.14. The zero-order valence-electron chi connectivity index (χ0n) is 15.7. The molecule has 0 fully saturated rings. The summed E-state index contributed by atoms with van der Waals surface area (Å²) < 4.78 is 7.69. The third-order valence-electron chi connectivity index (χ3n) is 4.56. The van der Waals surface area contributed by atoms with Gasteiger partial charge in [0, 0.05) is 6.20 Å². The molecule has 2 aromatic heterocycles. The number of hydrogen-bond donors (Lipinski definition) is 1. The van der Waals surface area contributed by atoms with E-state index < -0.39 is 0 Å². The normalized spacial score (nSPS) is 10.9. The molecule has 0 saturated carbocycles. The van der Waals surface area contributed by atoms with E-state index in [1.165, 1.54) is 5.56 Å². The van der Waals surface area contributed by atoms with E-state index in [-0.39, 0.29) is 0 Å². The molecule has 0 spiro atoms. The van der Waals surface area contributed by atoms with Crippen LogP contribution in [0.25, 0.3) is 17.1 Å². The van der Waals surface area contributed by atoms with Crippen molar-refractivity contribution in [1.82, 2.24) is 30.0 Å². The summed E-state index contributed by atoms with van der Waals surface area (Å²) in [5.74, 6) is 1.32. The van der Waals surface area contributed by atoms with Crippen LogP contribution in [0.2, 0.25) is 0 Å². The Labute approximate surface area is 167 Å². The Balaban J connectivity index is 1.61. The van der Waals surface area contributed by atoms with Crippen molar-refractivity contribution in [2.24, 2.45) is 0 Å². The van der Waals surface area contributed by atoms with Crippen LogP contribution in [0.3, 0.4) is 0 Å². The van der Waals surface area contributed by atoms with Crippen LogP contribution in [0.15, 0.2) is 54.7 Å². The number of benzene rings is 2. The minimum atomic E-state index is 0.502. The highest BCUT2D eigenvalue weighted by molar-refractivity contribution is 7.71. The second-order valence-corrected chi connectivity index (χ2v) is 6.69. The average Bonchev–Trinajstić information content (AvgIpc) is 3.34. The summed E-state index contributed by atoms with van der Waals surface area (Å²) in [5.41, 5.74) is 4.06. The van der Waals surface area contributed by atoms with Crippen LogP contribution in [0, 0.1) is 4.64 Å². The number of H-pyrrole nitrogens is 1. The number of aryl methyl sites for hydroxylation is 1. The van der Waals surface area contributed by atoms with Gasteiger partial charge in [-0.25, -0.2) is 4.68 Å². The first kappa shape index (κ1) is 18.1. The van der Waals surface area contributed by atoms with Crippen molar-refractivity contribution in [3.05, 3.63) is 70.5 Å². The number of tetrazole rings is 1. The molecule has 28 heavy (non-hydrogen) atoms. The van der Waals surface area contributed by atoms with E-state index in [4.69, 9.17) is 17.0 Å². The van der Waals surface area contributed by atoms with Gasteiger partial charge in [0.05, 0.1) is 24.9 Å². The van der Waals surface area contributed by atoms with Gasteiger partial charge < -0.3 is 4.74 Å². The highest BCUT2D eigenvalue weighted by atomic mass is 32.1. The molecular formula is C20H20N6OS. The minimum Gasteiger partial charge on any atom is -0.497 e. The van der Waals surface area contributed by atoms with Crippen LogP contribution in [0.4, 0.5) is 0 Å². The summed E-state index contributed by atoms with van der Waals surface area (Å²) >= 11 is 5.66. The highest BCUT2D eigenvalue weighted by Crippen LogP contribution is 2.21. The number of nitrogens with one attached hydrogen (secondary N) is 1. The van der Waals surface area contributed by atoms with E-state index in [1.54, 1.807) is 11.9 Å². The van der Waals surface area contributed by atoms with Crippen LogP contribution < -0.4 is 4.74 Å². The Morgan fingerprint density at radius 1 is 1.11 bits per heavy atom. The maximum atomic E-state index is 5.66. The zero-order chi connectivity index (χ0) is 19.5. The molecule has 2 heterocycles. The third-order valence-corrected chi connectivity index (χ3v) is 4.96. The van der Waals surface area contributed by atoms with Crippen LogP contribution in [-0.2, 0) is 13.0 Å². The molecule has 0 aliphatic rings. The van der Waals surface area contributed by atoms with Crippen molar-refractivity contribution in [2.75, 3.05) is 7.11 Å². The second kappa shape index (κ2) is 7.77. The topological polar surface area (TPSA) is 73.5 Å². The van der Waals surface area contributed by atoms with Gasteiger partial charge in [-0.2, -0.15) is 4.80 Å². The number of para-hydroxylation sites is 1. The first-order valence-electron chi connectivity index (χ1n) is 8.99. The Morgan fingerprint density at radius 2 is 1.89 bits per heavy atom. The molecular weight excluding hydrogens is 372 g/mol. The smallest absolute Gasteiger partial charge is 0.209 e. The zero-order valence-corrected chi connectivity index (χ0v) is 16.5. The van der Waals surface area contributed by atoms with Crippen molar-refractivity contribution in [3.63, 3.8) is 0 Å². The molecule has 4 aromatic rings. The van der Waals surface area contributed by atoms with E-state index in [0.717, 1.165) is 29.0 Å². The summed E-state index contributed by atoms with van der Waals surface area (Å²) in [7, 11) is 1.65. The largest absolute Gasteiger partial charge is 0.497 e. The molecule has 0 amide bonds. The fraction of sp³-hybridized carbons (Fsp3) is 0.200. The molecule has 8 heteroatoms. The second-order valence-electron chi connectivity index (χ2n) is 6.30. The van der Waals surface area contributed by atoms with E-state index in [2.05, 4.69) is 33.5 Å². The summed E-state index contributed by atoms with van der Waals surface area (Å²) in [5, 5.41) is 16.1. The van der Waals surface area contributed by atoms with E-state index in [9.17, 15) is 0 Å². The maximum absolute atomic E-state index is 5.66. The monoisotopic (exact) mass is 392 g/mol. The molecule has 0 bridgehead atoms. The number of aromatic nitrogens is 6.